The zero-order valence-corrected chi connectivity index (χ0v) is 21.2. The Morgan fingerprint density at radius 2 is 1.70 bits per heavy atom. The highest BCUT2D eigenvalue weighted by Gasteiger charge is 2.32. The second-order valence-electron chi connectivity index (χ2n) is 9.35. The zero-order chi connectivity index (χ0) is 25.8. The smallest absolute Gasteiger partial charge is 0.259 e. The summed E-state index contributed by atoms with van der Waals surface area (Å²) in [6.07, 6.45) is 1.81. The van der Waals surface area contributed by atoms with Crippen molar-refractivity contribution in [3.63, 3.8) is 0 Å². The van der Waals surface area contributed by atoms with E-state index in [1.54, 1.807) is 23.9 Å². The summed E-state index contributed by atoms with van der Waals surface area (Å²) in [5.74, 6) is 1.68. The van der Waals surface area contributed by atoms with Crippen LogP contribution in [0.25, 0.3) is 0 Å². The fraction of sp³-hybridized carbons (Fsp3) is 0.267. The van der Waals surface area contributed by atoms with Crippen LogP contribution in [0.2, 0.25) is 0 Å². The molecule has 2 aromatic heterocycles. The molecule has 190 valence electrons. The molecule has 1 unspecified atom stereocenters. The van der Waals surface area contributed by atoms with Crippen molar-refractivity contribution in [2.45, 2.75) is 19.5 Å². The first-order valence-corrected chi connectivity index (χ1v) is 12.6. The topological polar surface area (TPSA) is 70.8 Å². The van der Waals surface area contributed by atoms with Crippen LogP contribution in [0, 0.1) is 6.92 Å². The van der Waals surface area contributed by atoms with Crippen LogP contribution in [0.4, 0.5) is 5.82 Å². The van der Waals surface area contributed by atoms with Crippen LogP contribution in [0.15, 0.2) is 89.9 Å². The molecule has 0 saturated carbocycles. The molecular weight excluding hydrogens is 464 g/mol. The van der Waals surface area contributed by atoms with E-state index >= 15 is 0 Å². The predicted molar refractivity (Wildman–Crippen MR) is 146 cm³/mol. The molecule has 3 heterocycles. The Bertz CT molecular complexity index is 1400. The molecule has 0 amide bonds. The van der Waals surface area contributed by atoms with E-state index in [1.807, 2.05) is 79.7 Å². The molecule has 37 heavy (non-hydrogen) atoms. The summed E-state index contributed by atoms with van der Waals surface area (Å²) in [7, 11) is 1.63. The third kappa shape index (κ3) is 5.22. The summed E-state index contributed by atoms with van der Waals surface area (Å²) in [6.45, 7) is 5.26. The van der Waals surface area contributed by atoms with Crippen LogP contribution in [-0.2, 0) is 6.54 Å². The Hall–Kier alpha value is -4.10. The Balaban J connectivity index is 1.55. The highest BCUT2D eigenvalue weighted by atomic mass is 16.5. The number of anilines is 1. The van der Waals surface area contributed by atoms with Gasteiger partial charge < -0.3 is 19.3 Å². The summed E-state index contributed by atoms with van der Waals surface area (Å²) in [5, 5.41) is 11.2. The van der Waals surface area contributed by atoms with Crippen LogP contribution in [0.1, 0.15) is 28.4 Å². The summed E-state index contributed by atoms with van der Waals surface area (Å²) < 4.78 is 7.26. The van der Waals surface area contributed by atoms with Crippen molar-refractivity contribution in [1.29, 1.82) is 0 Å². The van der Waals surface area contributed by atoms with Crippen molar-refractivity contribution in [3.05, 3.63) is 118 Å². The van der Waals surface area contributed by atoms with Gasteiger partial charge in [-0.1, -0.05) is 48.5 Å². The van der Waals surface area contributed by atoms with Gasteiger partial charge >= 0.3 is 0 Å². The van der Waals surface area contributed by atoms with Gasteiger partial charge in [-0.15, -0.1) is 0 Å². The third-order valence-corrected chi connectivity index (χ3v) is 7.04. The van der Waals surface area contributed by atoms with E-state index in [0.29, 0.717) is 30.9 Å². The lowest BCUT2D eigenvalue weighted by Crippen LogP contribution is -2.49. The quantitative estimate of drug-likeness (QED) is 0.413. The maximum atomic E-state index is 14.0. The molecule has 0 bridgehead atoms. The maximum absolute atomic E-state index is 14.0. The van der Waals surface area contributed by atoms with Gasteiger partial charge in [0.1, 0.15) is 17.3 Å². The molecule has 2 aromatic carbocycles. The number of nitrogens with zero attached hydrogens (tertiary/aromatic N) is 4. The normalized spacial score (nSPS) is 14.9. The van der Waals surface area contributed by atoms with Gasteiger partial charge in [0, 0.05) is 38.1 Å². The zero-order valence-electron chi connectivity index (χ0n) is 21.2. The molecule has 1 aliphatic heterocycles. The molecule has 7 heteroatoms. The number of hydrogen-bond acceptors (Lipinski definition) is 6. The minimum absolute atomic E-state index is 0.0202. The van der Waals surface area contributed by atoms with Gasteiger partial charge in [0.05, 0.1) is 25.3 Å². The molecule has 0 spiro atoms. The lowest BCUT2D eigenvalue weighted by molar-refractivity contribution is 0.207. The molecule has 1 aliphatic rings. The van der Waals surface area contributed by atoms with E-state index < -0.39 is 6.04 Å². The lowest BCUT2D eigenvalue weighted by atomic mass is 9.95. The predicted octanol–water partition coefficient (Wildman–Crippen LogP) is 4.23. The van der Waals surface area contributed by atoms with Crippen molar-refractivity contribution in [1.82, 2.24) is 14.5 Å². The number of hydrogen-bond donors (Lipinski definition) is 1. The van der Waals surface area contributed by atoms with Gasteiger partial charge in [0.15, 0.2) is 0 Å². The number of methoxy groups -OCH3 is 1. The SMILES string of the molecule is COc1cccc(C(c2c(O)cc(C)n(Cc3ccccc3)c2=O)N2CCN(c3ccccn3)CC2)c1. The van der Waals surface area contributed by atoms with Crippen molar-refractivity contribution < 1.29 is 9.84 Å². The average molecular weight is 497 g/mol. The van der Waals surface area contributed by atoms with Gasteiger partial charge in [-0.25, -0.2) is 4.98 Å². The minimum Gasteiger partial charge on any atom is -0.507 e. The van der Waals surface area contributed by atoms with E-state index in [2.05, 4.69) is 14.8 Å². The number of aromatic nitrogens is 2. The first-order valence-electron chi connectivity index (χ1n) is 12.6. The highest BCUT2D eigenvalue weighted by Crippen LogP contribution is 2.35. The molecule has 4 aromatic rings. The molecule has 0 aliphatic carbocycles. The number of benzene rings is 2. The maximum Gasteiger partial charge on any atom is 0.259 e. The molecule has 7 nitrogen and oxygen atoms in total. The monoisotopic (exact) mass is 496 g/mol. The van der Waals surface area contributed by atoms with Crippen molar-refractivity contribution >= 4 is 5.82 Å². The Kier molecular flexibility index (Phi) is 7.23. The van der Waals surface area contributed by atoms with Gasteiger partial charge in [0.25, 0.3) is 5.56 Å². The number of ether oxygens (including phenoxy) is 1. The fourth-order valence-corrected chi connectivity index (χ4v) is 5.11. The van der Waals surface area contributed by atoms with Crippen LogP contribution in [0.5, 0.6) is 11.5 Å². The minimum atomic E-state index is -0.420. The third-order valence-electron chi connectivity index (χ3n) is 7.04. The Morgan fingerprint density at radius 1 is 0.946 bits per heavy atom. The molecule has 0 radical (unpaired) electrons. The molecule has 1 atom stereocenters. The van der Waals surface area contributed by atoms with Crippen LogP contribution in [0.3, 0.4) is 0 Å². The summed E-state index contributed by atoms with van der Waals surface area (Å²) in [4.78, 5) is 23.1. The van der Waals surface area contributed by atoms with E-state index in [9.17, 15) is 9.90 Å². The highest BCUT2D eigenvalue weighted by molar-refractivity contribution is 5.44. The van der Waals surface area contributed by atoms with E-state index in [4.69, 9.17) is 4.74 Å². The number of aryl methyl sites for hydroxylation is 1. The van der Waals surface area contributed by atoms with Crippen molar-refractivity contribution in [2.75, 3.05) is 38.2 Å². The molecule has 1 N–H and O–H groups in total. The van der Waals surface area contributed by atoms with E-state index in [1.165, 1.54) is 0 Å². The first kappa shape index (κ1) is 24.6. The average Bonchev–Trinajstić information content (AvgIpc) is 2.94. The summed E-state index contributed by atoms with van der Waals surface area (Å²) in [5.41, 5.74) is 2.88. The largest absolute Gasteiger partial charge is 0.507 e. The Labute approximate surface area is 217 Å². The van der Waals surface area contributed by atoms with Gasteiger partial charge in [-0.3, -0.25) is 9.69 Å². The summed E-state index contributed by atoms with van der Waals surface area (Å²) in [6, 6.07) is 24.9. The van der Waals surface area contributed by atoms with Gasteiger partial charge in [0.2, 0.25) is 0 Å². The Morgan fingerprint density at radius 3 is 2.41 bits per heavy atom. The summed E-state index contributed by atoms with van der Waals surface area (Å²) >= 11 is 0. The molecule has 1 saturated heterocycles. The standard InChI is InChI=1S/C30H32N4O3/c1-22-19-26(35)28(30(36)34(22)21-23-9-4-3-5-10-23)29(24-11-8-12-25(20-24)37-2)33-17-15-32(16-18-33)27-13-6-7-14-31-27/h3-14,19-20,29,35H,15-18,21H2,1-2H3. The first-order chi connectivity index (χ1) is 18.0. The molecule has 5 rings (SSSR count). The number of rotatable bonds is 7. The van der Waals surface area contributed by atoms with Crippen LogP contribution in [-0.4, -0.2) is 52.8 Å². The van der Waals surface area contributed by atoms with Gasteiger partial charge in [-0.05, 0) is 48.4 Å². The second kappa shape index (κ2) is 10.9. The van der Waals surface area contributed by atoms with Crippen molar-refractivity contribution in [3.8, 4) is 11.5 Å². The molecule has 1 fully saturated rings. The lowest BCUT2D eigenvalue weighted by Gasteiger charge is -2.40. The fourth-order valence-electron chi connectivity index (χ4n) is 5.11. The van der Waals surface area contributed by atoms with Crippen LogP contribution < -0.4 is 15.2 Å². The van der Waals surface area contributed by atoms with Crippen LogP contribution >= 0.6 is 0 Å². The number of pyridine rings is 2. The molecular formula is C30H32N4O3. The van der Waals surface area contributed by atoms with E-state index in [0.717, 1.165) is 35.7 Å². The second-order valence-corrected chi connectivity index (χ2v) is 9.35. The van der Waals surface area contributed by atoms with E-state index in [-0.39, 0.29) is 11.3 Å². The number of piperazine rings is 1. The van der Waals surface area contributed by atoms with Gasteiger partial charge in [-0.2, -0.15) is 0 Å². The number of aromatic hydroxyl groups is 1. The van der Waals surface area contributed by atoms with Crippen molar-refractivity contribution in [2.24, 2.45) is 0 Å².